The number of rotatable bonds is 2. The van der Waals surface area contributed by atoms with Gasteiger partial charge in [0.2, 0.25) is 0 Å². The summed E-state index contributed by atoms with van der Waals surface area (Å²) in [7, 11) is 0. The van der Waals surface area contributed by atoms with E-state index in [0.29, 0.717) is 23.8 Å². The minimum absolute atomic E-state index is 0.0114. The highest BCUT2D eigenvalue weighted by Crippen LogP contribution is 2.27. The number of carbonyl (C=O) groups excluding carboxylic acids is 1. The first kappa shape index (κ1) is 15.6. The third-order valence-electron chi connectivity index (χ3n) is 4.75. The second kappa shape index (κ2) is 6.55. The molecule has 0 radical (unpaired) electrons. The number of hydrogen-bond acceptors (Lipinski definition) is 4. The Morgan fingerprint density at radius 2 is 2.21 bits per heavy atom. The zero-order valence-corrected chi connectivity index (χ0v) is 14.1. The number of fused-ring (bicyclic) bond motifs is 1. The van der Waals surface area contributed by atoms with E-state index in [1.165, 1.54) is 0 Å². The molecule has 2 aromatic rings. The van der Waals surface area contributed by atoms with Crippen molar-refractivity contribution < 1.29 is 4.79 Å². The molecule has 1 atom stereocenters. The topological polar surface area (TPSA) is 73.0 Å². The molecule has 4 rings (SSSR count). The van der Waals surface area contributed by atoms with Gasteiger partial charge in [0.25, 0.3) is 5.91 Å². The lowest BCUT2D eigenvalue weighted by Crippen LogP contribution is -2.49. The number of piperazine rings is 1. The van der Waals surface area contributed by atoms with Crippen LogP contribution in [-0.2, 0) is 13.0 Å². The molecule has 3 heterocycles. The molecule has 0 spiro atoms. The molecule has 126 valence electrons. The molecule has 0 aliphatic carbocycles. The Morgan fingerprint density at radius 1 is 1.29 bits per heavy atom. The van der Waals surface area contributed by atoms with Crippen LogP contribution in [0.25, 0.3) is 0 Å². The first-order chi connectivity index (χ1) is 11.7. The number of nitrogens with one attached hydrogen (secondary N) is 3. The summed E-state index contributed by atoms with van der Waals surface area (Å²) >= 11 is 6.14. The first-order valence-electron chi connectivity index (χ1n) is 8.28. The number of benzene rings is 1. The van der Waals surface area contributed by atoms with Gasteiger partial charge in [0, 0.05) is 55.4 Å². The molecule has 2 aliphatic heterocycles. The third-order valence-corrected chi connectivity index (χ3v) is 4.98. The highest BCUT2D eigenvalue weighted by atomic mass is 35.5. The molecule has 0 bridgehead atoms. The second-order valence-electron chi connectivity index (χ2n) is 6.23. The zero-order chi connectivity index (χ0) is 16.5. The van der Waals surface area contributed by atoms with Crippen LogP contribution in [0, 0.1) is 0 Å². The smallest absolute Gasteiger partial charge is 0.275 e. The fraction of sp³-hybridized carbons (Fsp3) is 0.412. The van der Waals surface area contributed by atoms with Crippen molar-refractivity contribution in [2.45, 2.75) is 19.0 Å². The summed E-state index contributed by atoms with van der Waals surface area (Å²) in [6.07, 6.45) is 0.884. The Balaban J connectivity index is 1.65. The van der Waals surface area contributed by atoms with E-state index in [4.69, 9.17) is 11.6 Å². The summed E-state index contributed by atoms with van der Waals surface area (Å²) in [5, 5.41) is 14.7. The molecule has 1 unspecified atom stereocenters. The summed E-state index contributed by atoms with van der Waals surface area (Å²) in [6.45, 7) is 3.78. The Morgan fingerprint density at radius 3 is 3.08 bits per heavy atom. The molecule has 3 N–H and O–H groups in total. The third kappa shape index (κ3) is 2.81. The van der Waals surface area contributed by atoms with Gasteiger partial charge in [0.15, 0.2) is 5.69 Å². The molecule has 1 fully saturated rings. The molecule has 0 saturated carbocycles. The molecule has 24 heavy (non-hydrogen) atoms. The van der Waals surface area contributed by atoms with Gasteiger partial charge in [-0.25, -0.2) is 0 Å². The molecular weight excluding hydrogens is 326 g/mol. The van der Waals surface area contributed by atoms with Crippen molar-refractivity contribution in [2.24, 2.45) is 0 Å². The Kier molecular flexibility index (Phi) is 4.26. The van der Waals surface area contributed by atoms with Crippen LogP contribution in [0.2, 0.25) is 5.02 Å². The monoisotopic (exact) mass is 345 g/mol. The quantitative estimate of drug-likeness (QED) is 0.771. The number of amides is 1. The summed E-state index contributed by atoms with van der Waals surface area (Å²) < 4.78 is 0. The van der Waals surface area contributed by atoms with Crippen LogP contribution >= 0.6 is 11.6 Å². The number of hydrogen-bond donors (Lipinski definition) is 3. The van der Waals surface area contributed by atoms with Gasteiger partial charge in [0.1, 0.15) is 0 Å². The van der Waals surface area contributed by atoms with Crippen LogP contribution in [0.1, 0.15) is 33.4 Å². The van der Waals surface area contributed by atoms with Gasteiger partial charge in [-0.15, -0.1) is 0 Å². The maximum absolute atomic E-state index is 13.2. The standard InChI is InChI=1S/C17H20ClN5O/c18-12-3-1-2-11(8-12)15-10-20-6-7-23(15)17(24)16-13-9-19-5-4-14(13)21-22-16/h1-3,8,15,19-20H,4-7,9-10H2,(H,21,22). The van der Waals surface area contributed by atoms with Crippen molar-refractivity contribution in [3.63, 3.8) is 0 Å². The van der Waals surface area contributed by atoms with E-state index in [1.54, 1.807) is 0 Å². The predicted octanol–water partition coefficient (Wildman–Crippen LogP) is 1.50. The summed E-state index contributed by atoms with van der Waals surface area (Å²) in [5.41, 5.74) is 3.68. The SMILES string of the molecule is O=C(c1n[nH]c2c1CNCC2)N1CCNCC1c1cccc(Cl)c1. The average Bonchev–Trinajstić information content (AvgIpc) is 3.05. The summed E-state index contributed by atoms with van der Waals surface area (Å²) in [5.74, 6) is -0.0114. The predicted molar refractivity (Wildman–Crippen MR) is 92.1 cm³/mol. The van der Waals surface area contributed by atoms with Gasteiger partial charge in [-0.2, -0.15) is 5.10 Å². The molecule has 7 heteroatoms. The van der Waals surface area contributed by atoms with Gasteiger partial charge in [-0.3, -0.25) is 9.89 Å². The van der Waals surface area contributed by atoms with Gasteiger partial charge < -0.3 is 15.5 Å². The van der Waals surface area contributed by atoms with Gasteiger partial charge in [-0.1, -0.05) is 23.7 Å². The average molecular weight is 346 g/mol. The van der Waals surface area contributed by atoms with Crippen LogP contribution < -0.4 is 10.6 Å². The van der Waals surface area contributed by atoms with Crippen molar-refractivity contribution in [1.82, 2.24) is 25.7 Å². The van der Waals surface area contributed by atoms with E-state index >= 15 is 0 Å². The number of aromatic amines is 1. The maximum Gasteiger partial charge on any atom is 0.275 e. The highest BCUT2D eigenvalue weighted by Gasteiger charge is 2.32. The lowest BCUT2D eigenvalue weighted by molar-refractivity contribution is 0.0627. The molecule has 2 aliphatic rings. The molecule has 1 saturated heterocycles. The van der Waals surface area contributed by atoms with Crippen LogP contribution in [0.4, 0.5) is 0 Å². The fourth-order valence-corrected chi connectivity index (χ4v) is 3.70. The number of nitrogens with zero attached hydrogens (tertiary/aromatic N) is 2. The molecular formula is C17H20ClN5O. The Bertz CT molecular complexity index is 759. The minimum Gasteiger partial charge on any atom is -0.328 e. The van der Waals surface area contributed by atoms with Crippen molar-refractivity contribution >= 4 is 17.5 Å². The number of halogens is 1. The number of carbonyl (C=O) groups is 1. The normalized spacial score (nSPS) is 20.7. The molecule has 1 aromatic heterocycles. The van der Waals surface area contributed by atoms with Gasteiger partial charge in [0.05, 0.1) is 6.04 Å². The first-order valence-corrected chi connectivity index (χ1v) is 8.66. The lowest BCUT2D eigenvalue weighted by Gasteiger charge is -2.36. The van der Waals surface area contributed by atoms with E-state index in [1.807, 2.05) is 29.2 Å². The van der Waals surface area contributed by atoms with Crippen molar-refractivity contribution in [1.29, 1.82) is 0 Å². The van der Waals surface area contributed by atoms with Crippen LogP contribution in [-0.4, -0.2) is 47.2 Å². The molecule has 1 amide bonds. The second-order valence-corrected chi connectivity index (χ2v) is 6.67. The lowest BCUT2D eigenvalue weighted by atomic mass is 10.0. The highest BCUT2D eigenvalue weighted by molar-refractivity contribution is 6.30. The van der Waals surface area contributed by atoms with Crippen LogP contribution in [0.15, 0.2) is 24.3 Å². The largest absolute Gasteiger partial charge is 0.328 e. The Hall–Kier alpha value is -1.89. The van der Waals surface area contributed by atoms with Crippen LogP contribution in [0.5, 0.6) is 0 Å². The van der Waals surface area contributed by atoms with Crippen molar-refractivity contribution in [3.8, 4) is 0 Å². The number of H-pyrrole nitrogens is 1. The minimum atomic E-state index is -0.0335. The zero-order valence-electron chi connectivity index (χ0n) is 13.3. The van der Waals surface area contributed by atoms with E-state index in [0.717, 1.165) is 42.9 Å². The summed E-state index contributed by atoms with van der Waals surface area (Å²) in [4.78, 5) is 15.1. The van der Waals surface area contributed by atoms with Crippen LogP contribution in [0.3, 0.4) is 0 Å². The van der Waals surface area contributed by atoms with E-state index in [9.17, 15) is 4.79 Å². The van der Waals surface area contributed by atoms with E-state index in [-0.39, 0.29) is 11.9 Å². The fourth-order valence-electron chi connectivity index (χ4n) is 3.50. The van der Waals surface area contributed by atoms with Crippen molar-refractivity contribution in [2.75, 3.05) is 26.2 Å². The van der Waals surface area contributed by atoms with Gasteiger partial charge in [-0.05, 0) is 17.7 Å². The van der Waals surface area contributed by atoms with E-state index in [2.05, 4.69) is 20.8 Å². The molecule has 6 nitrogen and oxygen atoms in total. The maximum atomic E-state index is 13.2. The van der Waals surface area contributed by atoms with Gasteiger partial charge >= 0.3 is 0 Å². The molecule has 1 aromatic carbocycles. The van der Waals surface area contributed by atoms with E-state index < -0.39 is 0 Å². The van der Waals surface area contributed by atoms with Crippen molar-refractivity contribution in [3.05, 3.63) is 51.8 Å². The summed E-state index contributed by atoms with van der Waals surface area (Å²) in [6, 6.07) is 7.69. The number of aromatic nitrogens is 2. The Labute approximate surface area is 145 Å².